The van der Waals surface area contributed by atoms with Gasteiger partial charge in [-0.25, -0.2) is 0 Å². The molecule has 7 heteroatoms. The fourth-order valence-electron chi connectivity index (χ4n) is 5.74. The number of hydrogen-bond donors (Lipinski definition) is 3. The van der Waals surface area contributed by atoms with Crippen LogP contribution in [-0.4, -0.2) is 23.8 Å². The molecule has 1 atom stereocenters. The maximum absolute atomic E-state index is 13.0. The Labute approximate surface area is 169 Å². The quantitative estimate of drug-likeness (QED) is 0.675. The average Bonchev–Trinajstić information content (AvgIpc) is 2.65. The summed E-state index contributed by atoms with van der Waals surface area (Å²) in [4.78, 5) is 37.5. The first-order chi connectivity index (χ1) is 13.4. The second-order valence-corrected chi connectivity index (χ2v) is 9.22. The molecule has 4 bridgehead atoms. The van der Waals surface area contributed by atoms with E-state index in [1.165, 1.54) is 19.3 Å². The van der Waals surface area contributed by atoms with Crippen LogP contribution in [0.3, 0.4) is 0 Å². The Bertz CT molecular complexity index is 775. The van der Waals surface area contributed by atoms with E-state index in [0.717, 1.165) is 19.3 Å². The number of nitrogens with one attached hydrogen (secondary N) is 3. The molecule has 28 heavy (non-hydrogen) atoms. The topological polar surface area (TPSA) is 87.3 Å². The number of carbonyl (C=O) groups is 3. The van der Waals surface area contributed by atoms with Gasteiger partial charge in [-0.05, 0) is 75.3 Å². The zero-order chi connectivity index (χ0) is 19.9. The predicted octanol–water partition coefficient (Wildman–Crippen LogP) is 2.82. The van der Waals surface area contributed by atoms with Crippen molar-refractivity contribution in [1.29, 1.82) is 0 Å². The van der Waals surface area contributed by atoms with Crippen LogP contribution < -0.4 is 16.2 Å². The first kappa shape index (κ1) is 19.2. The van der Waals surface area contributed by atoms with Crippen molar-refractivity contribution >= 4 is 29.3 Å². The summed E-state index contributed by atoms with van der Waals surface area (Å²) in [5.41, 5.74) is 4.70. The van der Waals surface area contributed by atoms with E-state index < -0.39 is 17.9 Å². The van der Waals surface area contributed by atoms with Crippen molar-refractivity contribution < 1.29 is 14.4 Å². The van der Waals surface area contributed by atoms with Crippen molar-refractivity contribution in [3.63, 3.8) is 0 Å². The molecule has 6 nitrogen and oxygen atoms in total. The zero-order valence-electron chi connectivity index (χ0n) is 16.0. The highest BCUT2D eigenvalue weighted by atomic mass is 35.5. The van der Waals surface area contributed by atoms with Gasteiger partial charge in [0.25, 0.3) is 11.8 Å². The Morgan fingerprint density at radius 2 is 1.57 bits per heavy atom. The summed E-state index contributed by atoms with van der Waals surface area (Å²) in [7, 11) is 0. The predicted molar refractivity (Wildman–Crippen MR) is 105 cm³/mol. The second-order valence-electron chi connectivity index (χ2n) is 8.82. The molecule has 0 radical (unpaired) electrons. The van der Waals surface area contributed by atoms with Gasteiger partial charge in [-0.2, -0.15) is 0 Å². The number of halogens is 1. The van der Waals surface area contributed by atoms with Crippen LogP contribution in [0.5, 0.6) is 0 Å². The van der Waals surface area contributed by atoms with E-state index in [-0.39, 0.29) is 16.9 Å². The number of hydrazine groups is 1. The molecule has 0 saturated heterocycles. The van der Waals surface area contributed by atoms with E-state index >= 15 is 0 Å². The lowest BCUT2D eigenvalue weighted by atomic mass is 9.49. The molecule has 4 aliphatic carbocycles. The first-order valence-electron chi connectivity index (χ1n) is 10.0. The normalized spacial score (nSPS) is 31.1. The van der Waals surface area contributed by atoms with Crippen LogP contribution in [0.25, 0.3) is 0 Å². The Morgan fingerprint density at radius 3 is 2.14 bits per heavy atom. The third kappa shape index (κ3) is 3.62. The van der Waals surface area contributed by atoms with Crippen molar-refractivity contribution in [3.8, 4) is 0 Å². The summed E-state index contributed by atoms with van der Waals surface area (Å²) in [6.07, 6.45) is 6.62. The lowest BCUT2D eigenvalue weighted by Gasteiger charge is -2.55. The lowest BCUT2D eigenvalue weighted by molar-refractivity contribution is -0.148. The number of hydrogen-bond acceptors (Lipinski definition) is 3. The molecule has 4 aliphatic rings. The monoisotopic (exact) mass is 403 g/mol. The van der Waals surface area contributed by atoms with E-state index in [1.807, 2.05) is 0 Å². The lowest BCUT2D eigenvalue weighted by Crippen LogP contribution is -2.57. The van der Waals surface area contributed by atoms with Crippen molar-refractivity contribution in [1.82, 2.24) is 16.2 Å². The smallest absolute Gasteiger partial charge is 0.271 e. The SMILES string of the molecule is C[C@H](NC(=O)C12CC3CC(CC(C3)C1)C2)C(=O)NNC(=O)c1ccccc1Cl. The molecular formula is C21H26ClN3O3. The van der Waals surface area contributed by atoms with Crippen molar-refractivity contribution in [2.24, 2.45) is 23.2 Å². The van der Waals surface area contributed by atoms with E-state index in [9.17, 15) is 14.4 Å². The number of benzene rings is 1. The number of rotatable bonds is 4. The number of carbonyl (C=O) groups excluding carboxylic acids is 3. The van der Waals surface area contributed by atoms with Gasteiger partial charge in [0.1, 0.15) is 6.04 Å². The summed E-state index contributed by atoms with van der Waals surface area (Å²) < 4.78 is 0. The third-order valence-electron chi connectivity index (χ3n) is 6.68. The van der Waals surface area contributed by atoms with Gasteiger partial charge < -0.3 is 5.32 Å². The highest BCUT2D eigenvalue weighted by Gasteiger charge is 2.54. The Morgan fingerprint density at radius 1 is 1.00 bits per heavy atom. The van der Waals surface area contributed by atoms with Gasteiger partial charge in [0, 0.05) is 5.41 Å². The van der Waals surface area contributed by atoms with Gasteiger partial charge in [-0.15, -0.1) is 0 Å². The molecule has 4 fully saturated rings. The molecule has 3 N–H and O–H groups in total. The highest BCUT2D eigenvalue weighted by Crippen LogP contribution is 2.60. The van der Waals surface area contributed by atoms with Crippen molar-refractivity contribution in [2.75, 3.05) is 0 Å². The van der Waals surface area contributed by atoms with E-state index in [1.54, 1.807) is 31.2 Å². The van der Waals surface area contributed by atoms with E-state index in [2.05, 4.69) is 16.2 Å². The molecule has 0 aromatic heterocycles. The molecule has 5 rings (SSSR count). The van der Waals surface area contributed by atoms with E-state index in [4.69, 9.17) is 11.6 Å². The second kappa shape index (κ2) is 7.39. The molecule has 1 aromatic rings. The largest absolute Gasteiger partial charge is 0.344 e. The third-order valence-corrected chi connectivity index (χ3v) is 7.01. The Hall–Kier alpha value is -2.08. The summed E-state index contributed by atoms with van der Waals surface area (Å²) in [6, 6.07) is 5.86. The summed E-state index contributed by atoms with van der Waals surface area (Å²) >= 11 is 5.99. The van der Waals surface area contributed by atoms with Crippen LogP contribution in [0.2, 0.25) is 5.02 Å². The van der Waals surface area contributed by atoms with Crippen molar-refractivity contribution in [3.05, 3.63) is 34.9 Å². The van der Waals surface area contributed by atoms with Crippen LogP contribution in [0.1, 0.15) is 55.8 Å². The molecular weight excluding hydrogens is 378 g/mol. The summed E-state index contributed by atoms with van der Waals surface area (Å²) in [5.74, 6) is 1.02. The summed E-state index contributed by atoms with van der Waals surface area (Å²) in [5, 5.41) is 3.19. The van der Waals surface area contributed by atoms with Crippen LogP contribution >= 0.6 is 11.6 Å². The van der Waals surface area contributed by atoms with Gasteiger partial charge >= 0.3 is 0 Å². The molecule has 0 unspecified atom stereocenters. The Kier molecular flexibility index (Phi) is 5.08. The van der Waals surface area contributed by atoms with Crippen LogP contribution in [0, 0.1) is 23.2 Å². The molecule has 0 heterocycles. The van der Waals surface area contributed by atoms with Crippen LogP contribution in [0.4, 0.5) is 0 Å². The minimum absolute atomic E-state index is 0.00770. The van der Waals surface area contributed by atoms with Gasteiger partial charge in [-0.3, -0.25) is 25.2 Å². The van der Waals surface area contributed by atoms with Crippen LogP contribution in [0.15, 0.2) is 24.3 Å². The number of amides is 3. The molecule has 4 saturated carbocycles. The van der Waals surface area contributed by atoms with Gasteiger partial charge in [0.05, 0.1) is 10.6 Å². The fourth-order valence-corrected chi connectivity index (χ4v) is 5.96. The van der Waals surface area contributed by atoms with Gasteiger partial charge in [0.15, 0.2) is 0 Å². The van der Waals surface area contributed by atoms with Gasteiger partial charge in [0.2, 0.25) is 5.91 Å². The Balaban J connectivity index is 1.32. The molecule has 0 aliphatic heterocycles. The summed E-state index contributed by atoms with van der Waals surface area (Å²) in [6.45, 7) is 1.63. The van der Waals surface area contributed by atoms with Gasteiger partial charge in [-0.1, -0.05) is 23.7 Å². The highest BCUT2D eigenvalue weighted by molar-refractivity contribution is 6.33. The maximum Gasteiger partial charge on any atom is 0.271 e. The molecule has 1 aromatic carbocycles. The minimum atomic E-state index is -0.730. The molecule has 150 valence electrons. The first-order valence-corrected chi connectivity index (χ1v) is 10.4. The molecule has 3 amide bonds. The minimum Gasteiger partial charge on any atom is -0.344 e. The zero-order valence-corrected chi connectivity index (χ0v) is 16.7. The fraction of sp³-hybridized carbons (Fsp3) is 0.571. The van der Waals surface area contributed by atoms with Crippen molar-refractivity contribution in [2.45, 2.75) is 51.5 Å². The van der Waals surface area contributed by atoms with Crippen LogP contribution in [-0.2, 0) is 9.59 Å². The maximum atomic E-state index is 13.0. The molecule has 0 spiro atoms. The van der Waals surface area contributed by atoms with E-state index in [0.29, 0.717) is 22.8 Å². The standard InChI is InChI=1S/C21H26ClN3O3/c1-12(18(26)24-25-19(27)16-4-2-3-5-17(16)22)23-20(28)21-9-13-6-14(10-21)8-15(7-13)11-21/h2-5,12-15H,6-11H2,1H3,(H,23,28)(H,24,26)(H,25,27)/t12-,13?,14?,15?,21?/m0/s1. The average molecular weight is 404 g/mol.